The van der Waals surface area contributed by atoms with Crippen LogP contribution in [-0.2, 0) is 4.79 Å². The number of hydrogen-bond acceptors (Lipinski definition) is 5. The van der Waals surface area contributed by atoms with Gasteiger partial charge in [-0.15, -0.1) is 0 Å². The maximum absolute atomic E-state index is 11.9. The Bertz CT molecular complexity index is 564. The summed E-state index contributed by atoms with van der Waals surface area (Å²) >= 11 is 0. The molecule has 1 N–H and O–H groups in total. The highest BCUT2D eigenvalue weighted by atomic mass is 16.5. The molecule has 0 spiro atoms. The van der Waals surface area contributed by atoms with E-state index in [1.54, 1.807) is 26.4 Å². The molecule has 0 bridgehead atoms. The van der Waals surface area contributed by atoms with Gasteiger partial charge in [0.25, 0.3) is 0 Å². The van der Waals surface area contributed by atoms with Crippen molar-refractivity contribution in [1.29, 1.82) is 0 Å². The summed E-state index contributed by atoms with van der Waals surface area (Å²) in [6, 6.07) is 5.02. The summed E-state index contributed by atoms with van der Waals surface area (Å²) in [5.74, 6) is 0.323. The molecule has 6 heteroatoms. The van der Waals surface area contributed by atoms with Crippen LogP contribution in [0.1, 0.15) is 31.9 Å². The number of carbonyl (C=O) groups is 1. The van der Waals surface area contributed by atoms with Gasteiger partial charge in [-0.05, 0) is 37.6 Å². The SMILES string of the molecule is CCCN1CCN(C(C(=O)O)c2ccc(OC)c(OC)c2)CC1C. The molecule has 0 saturated carbocycles. The maximum atomic E-state index is 11.9. The van der Waals surface area contributed by atoms with Crippen LogP contribution in [0.2, 0.25) is 0 Å². The fourth-order valence-corrected chi connectivity index (χ4v) is 3.41. The van der Waals surface area contributed by atoms with Crippen LogP contribution in [0.5, 0.6) is 11.5 Å². The van der Waals surface area contributed by atoms with Gasteiger partial charge in [0.1, 0.15) is 6.04 Å². The van der Waals surface area contributed by atoms with Crippen LogP contribution >= 0.6 is 0 Å². The highest BCUT2D eigenvalue weighted by molar-refractivity contribution is 5.76. The topological polar surface area (TPSA) is 62.2 Å². The fraction of sp³-hybridized carbons (Fsp3) is 0.611. The molecule has 2 rings (SSSR count). The summed E-state index contributed by atoms with van der Waals surface area (Å²) in [6.45, 7) is 7.77. The molecule has 1 aliphatic heterocycles. The molecule has 0 amide bonds. The molecule has 6 nitrogen and oxygen atoms in total. The standard InChI is InChI=1S/C18H28N2O4/c1-5-8-19-9-10-20(12-13(19)2)17(18(21)22)14-6-7-15(23-3)16(11-14)24-4/h6-7,11,13,17H,5,8-10,12H2,1-4H3,(H,21,22). The molecule has 1 aromatic carbocycles. The monoisotopic (exact) mass is 336 g/mol. The number of carboxylic acids is 1. The maximum Gasteiger partial charge on any atom is 0.325 e. The molecule has 1 aromatic rings. The zero-order valence-electron chi connectivity index (χ0n) is 15.0. The Kier molecular flexibility index (Phi) is 6.45. The third kappa shape index (κ3) is 3.99. The molecule has 0 aromatic heterocycles. The number of ether oxygens (including phenoxy) is 2. The lowest BCUT2D eigenvalue weighted by atomic mass is 10.0. The second-order valence-corrected chi connectivity index (χ2v) is 6.24. The lowest BCUT2D eigenvalue weighted by molar-refractivity contribution is -0.144. The van der Waals surface area contributed by atoms with Crippen LogP contribution in [0.25, 0.3) is 0 Å². The predicted molar refractivity (Wildman–Crippen MR) is 92.8 cm³/mol. The van der Waals surface area contributed by atoms with E-state index in [0.717, 1.165) is 38.2 Å². The first-order chi connectivity index (χ1) is 11.5. The molecule has 1 fully saturated rings. The molecular weight excluding hydrogens is 308 g/mol. The Morgan fingerprint density at radius 1 is 1.29 bits per heavy atom. The summed E-state index contributed by atoms with van der Waals surface area (Å²) in [6.07, 6.45) is 1.11. The van der Waals surface area contributed by atoms with Crippen molar-refractivity contribution in [1.82, 2.24) is 9.80 Å². The number of methoxy groups -OCH3 is 2. The van der Waals surface area contributed by atoms with E-state index in [-0.39, 0.29) is 0 Å². The molecular formula is C18H28N2O4. The van der Waals surface area contributed by atoms with Crippen molar-refractivity contribution in [3.8, 4) is 11.5 Å². The second kappa shape index (κ2) is 8.35. The van der Waals surface area contributed by atoms with E-state index in [1.165, 1.54) is 0 Å². The van der Waals surface area contributed by atoms with E-state index in [4.69, 9.17) is 9.47 Å². The third-order valence-corrected chi connectivity index (χ3v) is 4.63. The van der Waals surface area contributed by atoms with Gasteiger partial charge in [0.05, 0.1) is 14.2 Å². The van der Waals surface area contributed by atoms with Gasteiger partial charge in [-0.3, -0.25) is 14.6 Å². The first-order valence-electron chi connectivity index (χ1n) is 8.44. The lowest BCUT2D eigenvalue weighted by Gasteiger charge is -2.42. The summed E-state index contributed by atoms with van der Waals surface area (Å²) < 4.78 is 10.6. The van der Waals surface area contributed by atoms with E-state index >= 15 is 0 Å². The average Bonchev–Trinajstić information content (AvgIpc) is 2.57. The van der Waals surface area contributed by atoms with Gasteiger partial charge in [0, 0.05) is 25.7 Å². The van der Waals surface area contributed by atoms with Crippen LogP contribution in [-0.4, -0.2) is 67.3 Å². The number of rotatable bonds is 7. The highest BCUT2D eigenvalue weighted by Gasteiger charge is 2.33. The molecule has 0 radical (unpaired) electrons. The Morgan fingerprint density at radius 2 is 2.00 bits per heavy atom. The molecule has 1 aliphatic rings. The zero-order chi connectivity index (χ0) is 17.7. The number of carboxylic acid groups (broad SMARTS) is 1. The normalized spacial score (nSPS) is 20.6. The van der Waals surface area contributed by atoms with Gasteiger partial charge in [-0.1, -0.05) is 13.0 Å². The van der Waals surface area contributed by atoms with Crippen LogP contribution in [0.4, 0.5) is 0 Å². The first kappa shape index (κ1) is 18.5. The molecule has 2 atom stereocenters. The predicted octanol–water partition coefficient (Wildman–Crippen LogP) is 2.25. The second-order valence-electron chi connectivity index (χ2n) is 6.24. The van der Waals surface area contributed by atoms with Crippen LogP contribution in [0, 0.1) is 0 Å². The minimum Gasteiger partial charge on any atom is -0.493 e. The number of piperazine rings is 1. The summed E-state index contributed by atoms with van der Waals surface area (Å²) in [7, 11) is 3.13. The molecule has 24 heavy (non-hydrogen) atoms. The van der Waals surface area contributed by atoms with Gasteiger partial charge in [-0.25, -0.2) is 0 Å². The van der Waals surface area contributed by atoms with Crippen molar-refractivity contribution in [2.45, 2.75) is 32.4 Å². The van der Waals surface area contributed by atoms with Crippen LogP contribution in [0.3, 0.4) is 0 Å². The van der Waals surface area contributed by atoms with E-state index < -0.39 is 12.0 Å². The number of hydrogen-bond donors (Lipinski definition) is 1. The smallest absolute Gasteiger partial charge is 0.325 e. The van der Waals surface area contributed by atoms with E-state index in [9.17, 15) is 9.90 Å². The van der Waals surface area contributed by atoms with Crippen molar-refractivity contribution in [2.75, 3.05) is 40.4 Å². The van der Waals surface area contributed by atoms with Crippen molar-refractivity contribution < 1.29 is 19.4 Å². The van der Waals surface area contributed by atoms with E-state index in [0.29, 0.717) is 17.5 Å². The van der Waals surface area contributed by atoms with E-state index in [1.807, 2.05) is 11.0 Å². The highest BCUT2D eigenvalue weighted by Crippen LogP contribution is 2.33. The minimum absolute atomic E-state index is 0.348. The Labute approximate surface area is 144 Å². The van der Waals surface area contributed by atoms with Crippen molar-refractivity contribution >= 4 is 5.97 Å². The molecule has 1 heterocycles. The van der Waals surface area contributed by atoms with Crippen molar-refractivity contribution in [3.05, 3.63) is 23.8 Å². The minimum atomic E-state index is -0.835. The number of benzene rings is 1. The molecule has 0 aliphatic carbocycles. The lowest BCUT2D eigenvalue weighted by Crippen LogP contribution is -2.53. The van der Waals surface area contributed by atoms with Crippen molar-refractivity contribution in [3.63, 3.8) is 0 Å². The van der Waals surface area contributed by atoms with Crippen molar-refractivity contribution in [2.24, 2.45) is 0 Å². The number of nitrogens with zero attached hydrogens (tertiary/aromatic N) is 2. The molecule has 1 saturated heterocycles. The Hall–Kier alpha value is -1.79. The Morgan fingerprint density at radius 3 is 2.54 bits per heavy atom. The first-order valence-corrected chi connectivity index (χ1v) is 8.44. The third-order valence-electron chi connectivity index (χ3n) is 4.63. The van der Waals surface area contributed by atoms with Gasteiger partial charge < -0.3 is 14.6 Å². The van der Waals surface area contributed by atoms with Gasteiger partial charge in [0.2, 0.25) is 0 Å². The fourth-order valence-electron chi connectivity index (χ4n) is 3.41. The van der Waals surface area contributed by atoms with Crippen LogP contribution < -0.4 is 9.47 Å². The van der Waals surface area contributed by atoms with Gasteiger partial charge in [0.15, 0.2) is 11.5 Å². The summed E-state index contributed by atoms with van der Waals surface area (Å²) in [5, 5.41) is 9.80. The summed E-state index contributed by atoms with van der Waals surface area (Å²) in [4.78, 5) is 16.4. The van der Waals surface area contributed by atoms with E-state index in [2.05, 4.69) is 18.7 Å². The Balaban J connectivity index is 2.23. The molecule has 2 unspecified atom stereocenters. The summed E-state index contributed by atoms with van der Waals surface area (Å²) in [5.41, 5.74) is 0.719. The molecule has 134 valence electrons. The zero-order valence-corrected chi connectivity index (χ0v) is 15.0. The van der Waals surface area contributed by atoms with Gasteiger partial charge in [-0.2, -0.15) is 0 Å². The average molecular weight is 336 g/mol. The van der Waals surface area contributed by atoms with Gasteiger partial charge >= 0.3 is 5.97 Å². The number of aliphatic carboxylic acids is 1. The van der Waals surface area contributed by atoms with Crippen LogP contribution in [0.15, 0.2) is 18.2 Å². The quantitative estimate of drug-likeness (QED) is 0.824. The largest absolute Gasteiger partial charge is 0.493 e.